The lowest BCUT2D eigenvalue weighted by molar-refractivity contribution is -0.384. The number of nitrogens with one attached hydrogen (secondary N) is 1. The highest BCUT2D eigenvalue weighted by atomic mass is 35.5. The SMILES string of the molecule is Cc1cc(NC(=O)COC(=O)COc2ccc(Cl)cc2)c([N+](=O)[O-])cc1C. The Labute approximate surface area is 160 Å². The van der Waals surface area contributed by atoms with Crippen molar-refractivity contribution in [2.45, 2.75) is 13.8 Å². The third-order valence-corrected chi connectivity index (χ3v) is 3.87. The third kappa shape index (κ3) is 5.96. The summed E-state index contributed by atoms with van der Waals surface area (Å²) in [5.74, 6) is -1.03. The second-order valence-electron chi connectivity index (χ2n) is 5.66. The number of esters is 1. The second-order valence-corrected chi connectivity index (χ2v) is 6.10. The van der Waals surface area contributed by atoms with E-state index in [1.54, 1.807) is 38.1 Å². The van der Waals surface area contributed by atoms with Crippen molar-refractivity contribution in [3.63, 3.8) is 0 Å². The van der Waals surface area contributed by atoms with Crippen molar-refractivity contribution in [1.29, 1.82) is 0 Å². The van der Waals surface area contributed by atoms with Crippen LogP contribution in [0.15, 0.2) is 36.4 Å². The van der Waals surface area contributed by atoms with Crippen molar-refractivity contribution in [2.24, 2.45) is 0 Å². The van der Waals surface area contributed by atoms with Gasteiger partial charge >= 0.3 is 5.97 Å². The molecule has 0 spiro atoms. The summed E-state index contributed by atoms with van der Waals surface area (Å²) >= 11 is 5.74. The number of ether oxygens (including phenoxy) is 2. The van der Waals surface area contributed by atoms with Crippen molar-refractivity contribution in [1.82, 2.24) is 0 Å². The minimum absolute atomic E-state index is 0.0431. The lowest BCUT2D eigenvalue weighted by atomic mass is 10.1. The lowest BCUT2D eigenvalue weighted by Crippen LogP contribution is -2.24. The van der Waals surface area contributed by atoms with Crippen LogP contribution in [0.25, 0.3) is 0 Å². The second kappa shape index (κ2) is 9.00. The molecular weight excluding hydrogens is 376 g/mol. The maximum Gasteiger partial charge on any atom is 0.344 e. The van der Waals surface area contributed by atoms with Gasteiger partial charge in [0.2, 0.25) is 0 Å². The largest absolute Gasteiger partial charge is 0.482 e. The number of halogens is 1. The standard InChI is InChI=1S/C18H17ClN2O6/c1-11-7-15(16(21(24)25)8-12(11)2)20-17(22)9-27-18(23)10-26-14-5-3-13(19)4-6-14/h3-8H,9-10H2,1-2H3,(H,20,22). The van der Waals surface area contributed by atoms with Crippen LogP contribution < -0.4 is 10.1 Å². The van der Waals surface area contributed by atoms with E-state index in [0.717, 1.165) is 11.1 Å². The predicted molar refractivity (Wildman–Crippen MR) is 99.1 cm³/mol. The Kier molecular flexibility index (Phi) is 6.73. The maximum absolute atomic E-state index is 11.9. The number of nitro groups is 1. The number of hydrogen-bond acceptors (Lipinski definition) is 6. The van der Waals surface area contributed by atoms with E-state index in [0.29, 0.717) is 10.8 Å². The van der Waals surface area contributed by atoms with Gasteiger partial charge in [-0.25, -0.2) is 4.79 Å². The summed E-state index contributed by atoms with van der Waals surface area (Å²) in [6.07, 6.45) is 0. The van der Waals surface area contributed by atoms with Crippen LogP contribution in [0.1, 0.15) is 11.1 Å². The summed E-state index contributed by atoms with van der Waals surface area (Å²) in [7, 11) is 0. The van der Waals surface area contributed by atoms with Gasteiger partial charge in [0.05, 0.1) is 4.92 Å². The Balaban J connectivity index is 1.87. The van der Waals surface area contributed by atoms with Crippen molar-refractivity contribution >= 4 is 34.9 Å². The Morgan fingerprint density at radius 1 is 1.11 bits per heavy atom. The monoisotopic (exact) mass is 392 g/mol. The summed E-state index contributed by atoms with van der Waals surface area (Å²) in [5.41, 5.74) is 1.32. The first-order valence-corrected chi connectivity index (χ1v) is 8.23. The van der Waals surface area contributed by atoms with Crippen molar-refractivity contribution in [3.05, 3.63) is 62.7 Å². The zero-order valence-corrected chi connectivity index (χ0v) is 15.4. The Bertz CT molecular complexity index is 867. The van der Waals surface area contributed by atoms with E-state index < -0.39 is 30.0 Å². The molecule has 1 amide bonds. The first-order chi connectivity index (χ1) is 12.8. The van der Waals surface area contributed by atoms with E-state index in [1.165, 1.54) is 12.1 Å². The van der Waals surface area contributed by atoms with E-state index in [1.807, 2.05) is 0 Å². The molecule has 0 aliphatic carbocycles. The van der Waals surface area contributed by atoms with Gasteiger partial charge in [-0.2, -0.15) is 0 Å². The van der Waals surface area contributed by atoms with Gasteiger partial charge in [0, 0.05) is 11.1 Å². The molecule has 0 aliphatic rings. The van der Waals surface area contributed by atoms with Crippen LogP contribution in [0.3, 0.4) is 0 Å². The molecule has 0 atom stereocenters. The van der Waals surface area contributed by atoms with E-state index in [9.17, 15) is 19.7 Å². The number of benzene rings is 2. The predicted octanol–water partition coefficient (Wildman–Crippen LogP) is 3.43. The summed E-state index contributed by atoms with van der Waals surface area (Å²) < 4.78 is 10.0. The Hall–Kier alpha value is -3.13. The van der Waals surface area contributed by atoms with Crippen molar-refractivity contribution < 1.29 is 24.0 Å². The topological polar surface area (TPSA) is 108 Å². The van der Waals surface area contributed by atoms with Crippen molar-refractivity contribution in [3.8, 4) is 5.75 Å². The van der Waals surface area contributed by atoms with Crippen molar-refractivity contribution in [2.75, 3.05) is 18.5 Å². The number of amides is 1. The number of carbonyl (C=O) groups excluding carboxylic acids is 2. The van der Waals surface area contributed by atoms with Gasteiger partial charge < -0.3 is 14.8 Å². The van der Waals surface area contributed by atoms with E-state index >= 15 is 0 Å². The number of hydrogen-bond donors (Lipinski definition) is 1. The minimum atomic E-state index is -0.755. The molecule has 9 heteroatoms. The molecule has 0 saturated carbocycles. The average Bonchev–Trinajstić information content (AvgIpc) is 2.62. The van der Waals surface area contributed by atoms with Crippen LogP contribution in [0, 0.1) is 24.0 Å². The van der Waals surface area contributed by atoms with Crippen LogP contribution in [-0.2, 0) is 14.3 Å². The number of aryl methyl sites for hydroxylation is 2. The molecule has 0 aliphatic heterocycles. The molecule has 0 aromatic heterocycles. The summed E-state index contributed by atoms with van der Waals surface area (Å²) in [6.45, 7) is 2.52. The van der Waals surface area contributed by atoms with Gasteiger partial charge in [0.25, 0.3) is 11.6 Å². The highest BCUT2D eigenvalue weighted by Crippen LogP contribution is 2.27. The van der Waals surface area contributed by atoms with Gasteiger partial charge in [0.15, 0.2) is 13.2 Å². The van der Waals surface area contributed by atoms with E-state index in [4.69, 9.17) is 21.1 Å². The zero-order chi connectivity index (χ0) is 20.0. The molecule has 27 heavy (non-hydrogen) atoms. The number of nitrogens with zero attached hydrogens (tertiary/aromatic N) is 1. The molecule has 0 radical (unpaired) electrons. The molecule has 8 nitrogen and oxygen atoms in total. The molecule has 0 heterocycles. The average molecular weight is 393 g/mol. The molecule has 0 unspecified atom stereocenters. The first-order valence-electron chi connectivity index (χ1n) is 7.85. The summed E-state index contributed by atoms with van der Waals surface area (Å²) in [6, 6.07) is 9.24. The number of rotatable bonds is 7. The third-order valence-electron chi connectivity index (χ3n) is 3.62. The van der Waals surface area contributed by atoms with Gasteiger partial charge in [-0.3, -0.25) is 14.9 Å². The molecule has 2 aromatic rings. The molecule has 0 saturated heterocycles. The molecule has 0 bridgehead atoms. The van der Waals surface area contributed by atoms with Gasteiger partial charge in [-0.15, -0.1) is 0 Å². The molecule has 2 aromatic carbocycles. The molecule has 142 valence electrons. The molecule has 2 rings (SSSR count). The first kappa shape index (κ1) is 20.2. The van der Waals surface area contributed by atoms with Crippen LogP contribution in [0.4, 0.5) is 11.4 Å². The van der Waals surface area contributed by atoms with Crippen LogP contribution in [-0.4, -0.2) is 30.0 Å². The van der Waals surface area contributed by atoms with Crippen LogP contribution in [0.5, 0.6) is 5.75 Å². The van der Waals surface area contributed by atoms with Gasteiger partial charge in [0.1, 0.15) is 11.4 Å². The molecular formula is C18H17ClN2O6. The van der Waals surface area contributed by atoms with Crippen LogP contribution in [0.2, 0.25) is 5.02 Å². The van der Waals surface area contributed by atoms with E-state index in [2.05, 4.69) is 5.32 Å². The minimum Gasteiger partial charge on any atom is -0.482 e. The Morgan fingerprint density at radius 3 is 2.37 bits per heavy atom. The zero-order valence-electron chi connectivity index (χ0n) is 14.7. The van der Waals surface area contributed by atoms with Gasteiger partial charge in [-0.1, -0.05) is 11.6 Å². The van der Waals surface area contributed by atoms with E-state index in [-0.39, 0.29) is 11.4 Å². The smallest absolute Gasteiger partial charge is 0.344 e. The van der Waals surface area contributed by atoms with Gasteiger partial charge in [-0.05, 0) is 55.3 Å². The highest BCUT2D eigenvalue weighted by Gasteiger charge is 2.18. The lowest BCUT2D eigenvalue weighted by Gasteiger charge is -2.10. The fourth-order valence-electron chi connectivity index (χ4n) is 2.10. The highest BCUT2D eigenvalue weighted by molar-refractivity contribution is 6.30. The molecule has 0 fully saturated rings. The quantitative estimate of drug-likeness (QED) is 0.439. The maximum atomic E-state index is 11.9. The number of anilines is 1. The summed E-state index contributed by atoms with van der Waals surface area (Å²) in [5, 5.41) is 14.0. The fourth-order valence-corrected chi connectivity index (χ4v) is 2.23. The van der Waals surface area contributed by atoms with Crippen LogP contribution >= 0.6 is 11.6 Å². The summed E-state index contributed by atoms with van der Waals surface area (Å²) in [4.78, 5) is 34.1. The fraction of sp³-hybridized carbons (Fsp3) is 0.222. The number of nitro benzene ring substituents is 1. The Morgan fingerprint density at radius 2 is 1.74 bits per heavy atom. The normalized spacial score (nSPS) is 10.2. The number of carbonyl (C=O) groups is 2. The molecule has 1 N–H and O–H groups in total.